The van der Waals surface area contributed by atoms with E-state index < -0.39 is 0 Å². The number of nitrogens with zero attached hydrogens (tertiary/aromatic N) is 2. The maximum Gasteiger partial charge on any atom is 0.217 e. The number of rotatable bonds is 5. The minimum Gasteiger partial charge on any atom is -0.439 e. The molecule has 0 aliphatic carbocycles. The lowest BCUT2D eigenvalue weighted by atomic mass is 10.0. The Kier molecular flexibility index (Phi) is 4.67. The standard InChI is InChI=1S/C23H17N3O/c24-15-18-8-12-21(13-9-18)27-23-16-25-22(26-23)14-17-6-10-20(11-7-17)19-4-2-1-3-5-19/h1-13,16H,14H2,(H,25,26). The molecule has 1 N–H and O–H groups in total. The van der Waals surface area contributed by atoms with Crippen molar-refractivity contribution in [3.63, 3.8) is 0 Å². The maximum absolute atomic E-state index is 8.84. The summed E-state index contributed by atoms with van der Waals surface area (Å²) in [6.07, 6.45) is 2.37. The molecule has 0 unspecified atom stereocenters. The lowest BCUT2D eigenvalue weighted by Crippen LogP contribution is -1.91. The number of hydrogen-bond acceptors (Lipinski definition) is 3. The Morgan fingerprint density at radius 1 is 0.852 bits per heavy atom. The zero-order chi connectivity index (χ0) is 18.5. The van der Waals surface area contributed by atoms with Crippen LogP contribution >= 0.6 is 0 Å². The van der Waals surface area contributed by atoms with Crippen molar-refractivity contribution in [2.75, 3.05) is 0 Å². The fraction of sp³-hybridized carbons (Fsp3) is 0.0435. The SMILES string of the molecule is N#Cc1ccc(Oc2cnc(Cc3ccc(-c4ccccc4)cc3)[nH]2)cc1. The molecule has 27 heavy (non-hydrogen) atoms. The van der Waals surface area contributed by atoms with Crippen LogP contribution in [0.25, 0.3) is 11.1 Å². The molecular formula is C23H17N3O. The molecule has 1 heterocycles. The number of nitriles is 1. The van der Waals surface area contributed by atoms with Gasteiger partial charge in [0, 0.05) is 6.42 Å². The minimum atomic E-state index is 0.579. The van der Waals surface area contributed by atoms with Crippen molar-refractivity contribution in [3.05, 3.63) is 102 Å². The van der Waals surface area contributed by atoms with Crippen LogP contribution in [0.5, 0.6) is 11.6 Å². The predicted octanol–water partition coefficient (Wildman–Crippen LogP) is 5.33. The van der Waals surface area contributed by atoms with Gasteiger partial charge >= 0.3 is 0 Å². The third-order valence-electron chi connectivity index (χ3n) is 4.25. The van der Waals surface area contributed by atoms with E-state index in [2.05, 4.69) is 52.4 Å². The number of benzene rings is 3. The first kappa shape index (κ1) is 16.6. The summed E-state index contributed by atoms with van der Waals surface area (Å²) >= 11 is 0. The van der Waals surface area contributed by atoms with Crippen molar-refractivity contribution in [1.82, 2.24) is 9.97 Å². The summed E-state index contributed by atoms with van der Waals surface area (Å²) in [6.45, 7) is 0. The molecule has 0 atom stereocenters. The van der Waals surface area contributed by atoms with Crippen molar-refractivity contribution in [2.24, 2.45) is 0 Å². The summed E-state index contributed by atoms with van der Waals surface area (Å²) in [5.74, 6) is 2.08. The summed E-state index contributed by atoms with van der Waals surface area (Å²) in [4.78, 5) is 7.58. The van der Waals surface area contributed by atoms with E-state index >= 15 is 0 Å². The summed E-state index contributed by atoms with van der Waals surface area (Å²) < 4.78 is 5.75. The third kappa shape index (κ3) is 4.05. The Morgan fingerprint density at radius 3 is 2.26 bits per heavy atom. The van der Waals surface area contributed by atoms with E-state index in [0.29, 0.717) is 23.6 Å². The molecule has 4 heteroatoms. The molecule has 4 nitrogen and oxygen atoms in total. The molecular weight excluding hydrogens is 334 g/mol. The zero-order valence-electron chi connectivity index (χ0n) is 14.6. The Labute approximate surface area is 157 Å². The number of aromatic nitrogens is 2. The molecule has 0 aliphatic heterocycles. The molecule has 0 radical (unpaired) electrons. The molecule has 4 rings (SSSR count). The summed E-state index contributed by atoms with van der Waals surface area (Å²) in [7, 11) is 0. The highest BCUT2D eigenvalue weighted by atomic mass is 16.5. The van der Waals surface area contributed by atoms with Gasteiger partial charge in [0.2, 0.25) is 5.88 Å². The van der Waals surface area contributed by atoms with Gasteiger partial charge < -0.3 is 9.72 Å². The lowest BCUT2D eigenvalue weighted by Gasteiger charge is -2.04. The van der Waals surface area contributed by atoms with E-state index in [-0.39, 0.29) is 0 Å². The molecule has 0 bridgehead atoms. The van der Waals surface area contributed by atoms with E-state index in [1.807, 2.05) is 18.2 Å². The van der Waals surface area contributed by atoms with E-state index in [1.165, 1.54) is 16.7 Å². The first-order chi connectivity index (χ1) is 13.3. The van der Waals surface area contributed by atoms with E-state index in [0.717, 1.165) is 5.82 Å². The van der Waals surface area contributed by atoms with Crippen LogP contribution in [0.4, 0.5) is 0 Å². The van der Waals surface area contributed by atoms with Crippen LogP contribution in [0, 0.1) is 11.3 Å². The number of aromatic amines is 1. The number of H-pyrrole nitrogens is 1. The fourth-order valence-corrected chi connectivity index (χ4v) is 2.85. The molecule has 1 aromatic heterocycles. The van der Waals surface area contributed by atoms with E-state index in [1.54, 1.807) is 30.5 Å². The van der Waals surface area contributed by atoms with Crippen LogP contribution in [-0.4, -0.2) is 9.97 Å². The van der Waals surface area contributed by atoms with Crippen molar-refractivity contribution in [1.29, 1.82) is 5.26 Å². The van der Waals surface area contributed by atoms with Gasteiger partial charge in [0.05, 0.1) is 17.8 Å². The van der Waals surface area contributed by atoms with Crippen molar-refractivity contribution in [3.8, 4) is 28.8 Å². The highest BCUT2D eigenvalue weighted by Gasteiger charge is 2.05. The zero-order valence-corrected chi connectivity index (χ0v) is 14.6. The monoisotopic (exact) mass is 351 g/mol. The topological polar surface area (TPSA) is 61.7 Å². The van der Waals surface area contributed by atoms with Gasteiger partial charge in [-0.25, -0.2) is 4.98 Å². The second-order valence-electron chi connectivity index (χ2n) is 6.17. The number of imidazole rings is 1. The first-order valence-electron chi connectivity index (χ1n) is 8.66. The second kappa shape index (κ2) is 7.59. The molecule has 130 valence electrons. The predicted molar refractivity (Wildman–Crippen MR) is 105 cm³/mol. The van der Waals surface area contributed by atoms with Gasteiger partial charge in [-0.05, 0) is 41.0 Å². The molecule has 0 saturated heterocycles. The van der Waals surface area contributed by atoms with Gasteiger partial charge in [-0.1, -0.05) is 54.6 Å². The average molecular weight is 351 g/mol. The summed E-state index contributed by atoms with van der Waals surface area (Å²) in [5.41, 5.74) is 4.18. The third-order valence-corrected chi connectivity index (χ3v) is 4.25. The van der Waals surface area contributed by atoms with Gasteiger partial charge in [0.1, 0.15) is 11.6 Å². The number of hydrogen-bond donors (Lipinski definition) is 1. The van der Waals surface area contributed by atoms with Crippen LogP contribution < -0.4 is 4.74 Å². The Bertz CT molecular complexity index is 1060. The smallest absolute Gasteiger partial charge is 0.217 e. The fourth-order valence-electron chi connectivity index (χ4n) is 2.85. The molecule has 0 saturated carbocycles. The maximum atomic E-state index is 8.84. The Balaban J connectivity index is 1.42. The number of nitrogens with one attached hydrogen (secondary N) is 1. The summed E-state index contributed by atoms with van der Waals surface area (Å²) in [5, 5.41) is 8.84. The van der Waals surface area contributed by atoms with Crippen LogP contribution in [0.2, 0.25) is 0 Å². The Morgan fingerprint density at radius 2 is 1.56 bits per heavy atom. The van der Waals surface area contributed by atoms with E-state index in [9.17, 15) is 0 Å². The lowest BCUT2D eigenvalue weighted by molar-refractivity contribution is 0.465. The first-order valence-corrected chi connectivity index (χ1v) is 8.66. The Hall–Kier alpha value is -3.84. The van der Waals surface area contributed by atoms with Crippen molar-refractivity contribution >= 4 is 0 Å². The highest BCUT2D eigenvalue weighted by Crippen LogP contribution is 2.22. The van der Waals surface area contributed by atoms with Gasteiger partial charge in [-0.15, -0.1) is 0 Å². The van der Waals surface area contributed by atoms with Gasteiger partial charge in [0.25, 0.3) is 0 Å². The molecule has 0 aliphatic rings. The van der Waals surface area contributed by atoms with Gasteiger partial charge in [0.15, 0.2) is 0 Å². The molecule has 0 spiro atoms. The van der Waals surface area contributed by atoms with Crippen LogP contribution in [0.1, 0.15) is 17.0 Å². The molecule has 4 aromatic rings. The van der Waals surface area contributed by atoms with E-state index in [4.69, 9.17) is 10.00 Å². The summed E-state index contributed by atoms with van der Waals surface area (Å²) in [6, 6.07) is 27.9. The van der Waals surface area contributed by atoms with Crippen LogP contribution in [0.15, 0.2) is 85.1 Å². The van der Waals surface area contributed by atoms with Gasteiger partial charge in [-0.2, -0.15) is 5.26 Å². The minimum absolute atomic E-state index is 0.579. The van der Waals surface area contributed by atoms with Crippen molar-refractivity contribution < 1.29 is 4.74 Å². The van der Waals surface area contributed by atoms with Crippen LogP contribution in [-0.2, 0) is 6.42 Å². The molecule has 0 fully saturated rings. The van der Waals surface area contributed by atoms with Crippen LogP contribution in [0.3, 0.4) is 0 Å². The normalized spacial score (nSPS) is 10.3. The second-order valence-corrected chi connectivity index (χ2v) is 6.17. The molecule has 0 amide bonds. The van der Waals surface area contributed by atoms with Gasteiger partial charge in [-0.3, -0.25) is 0 Å². The number of ether oxygens (including phenoxy) is 1. The average Bonchev–Trinajstić information content (AvgIpc) is 3.16. The van der Waals surface area contributed by atoms with Crippen molar-refractivity contribution in [2.45, 2.75) is 6.42 Å². The molecule has 3 aromatic carbocycles. The quantitative estimate of drug-likeness (QED) is 0.528. The largest absolute Gasteiger partial charge is 0.439 e. The highest BCUT2D eigenvalue weighted by molar-refractivity contribution is 5.63.